The number of aromatic nitrogens is 6. The second-order valence-corrected chi connectivity index (χ2v) is 8.35. The summed E-state index contributed by atoms with van der Waals surface area (Å²) in [7, 11) is 0. The van der Waals surface area contributed by atoms with E-state index in [1.54, 1.807) is 23.0 Å². The average Bonchev–Trinajstić information content (AvgIpc) is 3.47. The minimum atomic E-state index is -1.02. The van der Waals surface area contributed by atoms with Crippen molar-refractivity contribution in [2.75, 3.05) is 11.9 Å². The summed E-state index contributed by atoms with van der Waals surface area (Å²) in [6.07, 6.45) is 5.55. The molecule has 12 nitrogen and oxygen atoms in total. The van der Waals surface area contributed by atoms with Crippen LogP contribution in [0.15, 0.2) is 42.9 Å². The van der Waals surface area contributed by atoms with E-state index in [1.165, 1.54) is 10.9 Å². The van der Waals surface area contributed by atoms with E-state index in [-0.39, 0.29) is 18.5 Å². The lowest BCUT2D eigenvalue weighted by Crippen LogP contribution is -2.41. The number of pyridine rings is 1. The Morgan fingerprint density at radius 3 is 2.83 bits per heavy atom. The van der Waals surface area contributed by atoms with Crippen LogP contribution >= 0.6 is 0 Å². The summed E-state index contributed by atoms with van der Waals surface area (Å²) in [5, 5.41) is 45.5. The summed E-state index contributed by atoms with van der Waals surface area (Å²) in [4.78, 5) is 15.4. The number of nitrogens with zero attached hydrogens (tertiary/aromatic N) is 8. The first-order chi connectivity index (χ1) is 17.0. The molecule has 1 aliphatic rings. The molecular formula is C23H20N10O2. The molecule has 12 heteroatoms. The number of hydrogen-bond acceptors (Lipinski definition) is 8. The van der Waals surface area contributed by atoms with E-state index in [0.29, 0.717) is 23.5 Å². The van der Waals surface area contributed by atoms with Crippen molar-refractivity contribution in [1.29, 1.82) is 10.5 Å². The molecule has 1 aliphatic carbocycles. The molecule has 0 radical (unpaired) electrons. The first-order valence-electron chi connectivity index (χ1n) is 10.9. The molecule has 0 aliphatic heterocycles. The van der Waals surface area contributed by atoms with Crippen molar-refractivity contribution in [3.63, 3.8) is 0 Å². The van der Waals surface area contributed by atoms with E-state index in [1.807, 2.05) is 24.3 Å². The van der Waals surface area contributed by atoms with Gasteiger partial charge in [0.25, 0.3) is 0 Å². The predicted octanol–water partition coefficient (Wildman–Crippen LogP) is 2.51. The van der Waals surface area contributed by atoms with Gasteiger partial charge in [0.2, 0.25) is 0 Å². The molecule has 4 aromatic rings. The fraction of sp³-hybridized carbons (Fsp3) is 0.261. The van der Waals surface area contributed by atoms with Crippen LogP contribution in [0.2, 0.25) is 0 Å². The van der Waals surface area contributed by atoms with Crippen molar-refractivity contribution >= 4 is 17.3 Å². The molecule has 0 unspecified atom stereocenters. The second kappa shape index (κ2) is 9.11. The minimum absolute atomic E-state index is 0.0919. The van der Waals surface area contributed by atoms with Crippen molar-refractivity contribution in [3.8, 4) is 34.8 Å². The summed E-state index contributed by atoms with van der Waals surface area (Å²) >= 11 is 0. The number of carboxylic acid groups (broad SMARTS) is 1. The van der Waals surface area contributed by atoms with Crippen molar-refractivity contribution in [3.05, 3.63) is 48.4 Å². The van der Waals surface area contributed by atoms with Crippen molar-refractivity contribution in [2.24, 2.45) is 5.92 Å². The van der Waals surface area contributed by atoms with Gasteiger partial charge in [-0.3, -0.25) is 4.98 Å². The van der Waals surface area contributed by atoms with Gasteiger partial charge in [0, 0.05) is 30.0 Å². The fourth-order valence-electron chi connectivity index (χ4n) is 4.22. The maximum Gasteiger partial charge on any atom is 0.404 e. The normalized spacial score (nSPS) is 16.7. The molecule has 1 fully saturated rings. The van der Waals surface area contributed by atoms with E-state index < -0.39 is 6.09 Å². The van der Waals surface area contributed by atoms with Crippen LogP contribution in [0.4, 0.5) is 10.5 Å². The minimum Gasteiger partial charge on any atom is -0.465 e. The van der Waals surface area contributed by atoms with E-state index in [0.717, 1.165) is 35.3 Å². The van der Waals surface area contributed by atoms with E-state index >= 15 is 0 Å². The molecule has 0 saturated heterocycles. The van der Waals surface area contributed by atoms with Crippen LogP contribution in [0.5, 0.6) is 0 Å². The molecule has 5 rings (SSSR count). The second-order valence-electron chi connectivity index (χ2n) is 8.35. The Morgan fingerprint density at radius 1 is 1.20 bits per heavy atom. The molecule has 4 aromatic heterocycles. The third-order valence-electron chi connectivity index (χ3n) is 5.98. The molecule has 3 N–H and O–H groups in total. The molecular weight excluding hydrogens is 448 g/mol. The van der Waals surface area contributed by atoms with Crippen molar-refractivity contribution in [2.45, 2.75) is 25.4 Å². The van der Waals surface area contributed by atoms with Crippen LogP contribution in [0.1, 0.15) is 18.4 Å². The summed E-state index contributed by atoms with van der Waals surface area (Å²) in [6.45, 7) is 0.519. The predicted molar refractivity (Wildman–Crippen MR) is 124 cm³/mol. The Kier molecular flexibility index (Phi) is 5.69. The number of carbonyl (C=O) groups is 1. The highest BCUT2D eigenvalue weighted by Gasteiger charge is 2.30. The number of fused-ring (bicyclic) bond motifs is 1. The lowest BCUT2D eigenvalue weighted by molar-refractivity contribution is 0.186. The average molecular weight is 468 g/mol. The molecule has 0 bridgehead atoms. The lowest BCUT2D eigenvalue weighted by atomic mass is 9.80. The van der Waals surface area contributed by atoms with Gasteiger partial charge in [0.1, 0.15) is 18.3 Å². The summed E-state index contributed by atoms with van der Waals surface area (Å²) in [5.74, 6) is 0.276. The van der Waals surface area contributed by atoms with Crippen LogP contribution in [-0.4, -0.2) is 53.4 Å². The quantitative estimate of drug-likeness (QED) is 0.369. The highest BCUT2D eigenvalue weighted by atomic mass is 16.4. The number of anilines is 1. The van der Waals surface area contributed by atoms with Gasteiger partial charge in [0.05, 0.1) is 40.9 Å². The number of hydrogen-bond donors (Lipinski definition) is 3. The number of nitrogens with one attached hydrogen (secondary N) is 2. The van der Waals surface area contributed by atoms with Gasteiger partial charge in [-0.1, -0.05) is 5.21 Å². The molecule has 35 heavy (non-hydrogen) atoms. The van der Waals surface area contributed by atoms with Crippen molar-refractivity contribution < 1.29 is 9.90 Å². The zero-order valence-electron chi connectivity index (χ0n) is 18.5. The van der Waals surface area contributed by atoms with E-state index in [9.17, 15) is 4.79 Å². The van der Waals surface area contributed by atoms with Gasteiger partial charge in [-0.05, 0) is 43.0 Å². The van der Waals surface area contributed by atoms with Crippen LogP contribution in [0, 0.1) is 28.6 Å². The zero-order chi connectivity index (χ0) is 24.4. The topological polar surface area (TPSA) is 170 Å². The monoisotopic (exact) mass is 468 g/mol. The fourth-order valence-corrected chi connectivity index (χ4v) is 4.22. The van der Waals surface area contributed by atoms with Crippen molar-refractivity contribution in [1.82, 2.24) is 34.9 Å². The van der Waals surface area contributed by atoms with Crippen LogP contribution in [0.3, 0.4) is 0 Å². The van der Waals surface area contributed by atoms with Gasteiger partial charge in [-0.15, -0.1) is 5.10 Å². The third kappa shape index (κ3) is 4.45. The summed E-state index contributed by atoms with van der Waals surface area (Å²) in [6, 6.07) is 11.8. The van der Waals surface area contributed by atoms with E-state index in [4.69, 9.17) is 15.6 Å². The standard InChI is InChI=1S/C23H20N10O2/c24-3-4-32-13-21(30-31-32)18-12-26-20(22-2-1-17-7-15(9-25)11-28-33(17)22)8-19(18)29-16-5-14(6-16)10-27-23(34)35/h1-2,7-8,11-14,16,27H,4-6,10H2,(H,26,29)(H,34,35). The lowest BCUT2D eigenvalue weighted by Gasteiger charge is -2.36. The Morgan fingerprint density at radius 2 is 2.06 bits per heavy atom. The van der Waals surface area contributed by atoms with E-state index in [2.05, 4.69) is 37.1 Å². The smallest absolute Gasteiger partial charge is 0.404 e. The first-order valence-corrected chi connectivity index (χ1v) is 10.9. The maximum absolute atomic E-state index is 10.8. The summed E-state index contributed by atoms with van der Waals surface area (Å²) < 4.78 is 3.19. The van der Waals surface area contributed by atoms with Crippen LogP contribution < -0.4 is 10.6 Å². The Labute approximate surface area is 199 Å². The molecule has 174 valence electrons. The number of amides is 1. The van der Waals surface area contributed by atoms with Gasteiger partial charge >= 0.3 is 6.09 Å². The highest BCUT2D eigenvalue weighted by Crippen LogP contribution is 2.35. The Bertz CT molecular complexity index is 1490. The maximum atomic E-state index is 10.8. The largest absolute Gasteiger partial charge is 0.465 e. The molecule has 0 spiro atoms. The van der Waals surface area contributed by atoms with Gasteiger partial charge in [-0.2, -0.15) is 15.6 Å². The highest BCUT2D eigenvalue weighted by molar-refractivity contribution is 5.79. The number of nitriles is 2. The Hall–Kier alpha value is -4.97. The molecule has 4 heterocycles. The zero-order valence-corrected chi connectivity index (χ0v) is 18.5. The van der Waals surface area contributed by atoms with Gasteiger partial charge < -0.3 is 15.7 Å². The molecule has 0 aromatic carbocycles. The van der Waals surface area contributed by atoms with Gasteiger partial charge in [0.15, 0.2) is 0 Å². The molecule has 1 amide bonds. The summed E-state index contributed by atoms with van der Waals surface area (Å²) in [5.41, 5.74) is 4.84. The Balaban J connectivity index is 1.46. The third-order valence-corrected chi connectivity index (χ3v) is 5.98. The number of rotatable bonds is 7. The molecule has 1 saturated carbocycles. The van der Waals surface area contributed by atoms with Crippen LogP contribution in [0.25, 0.3) is 28.2 Å². The SMILES string of the molecule is N#CCn1cc(-c2cnc(-c3ccc4cc(C#N)cnn34)cc2NC2CC(CNC(=O)O)C2)nn1. The molecule has 0 atom stereocenters. The van der Waals surface area contributed by atoms with Crippen LogP contribution in [-0.2, 0) is 6.54 Å². The van der Waals surface area contributed by atoms with Gasteiger partial charge in [-0.25, -0.2) is 14.0 Å². The first kappa shape index (κ1) is 21.9.